The number of hydrogen-bond donors (Lipinski definition) is 3. The molecule has 1 aliphatic carbocycles. The van der Waals surface area contributed by atoms with Crippen LogP contribution in [0.15, 0.2) is 4.52 Å². The average molecular weight is 409 g/mol. The molecule has 0 spiro atoms. The van der Waals surface area contributed by atoms with Crippen molar-refractivity contribution in [2.24, 2.45) is 10.8 Å². The number of nitrogens with zero attached hydrogens (tertiary/aromatic N) is 2. The summed E-state index contributed by atoms with van der Waals surface area (Å²) in [6.07, 6.45) is 9.06. The summed E-state index contributed by atoms with van der Waals surface area (Å²) in [5.74, 6) is -0.497. The Morgan fingerprint density at radius 3 is 2.52 bits per heavy atom. The molecule has 29 heavy (non-hydrogen) atoms. The van der Waals surface area contributed by atoms with Crippen LogP contribution in [0.1, 0.15) is 96.2 Å². The maximum absolute atomic E-state index is 11.4. The van der Waals surface area contributed by atoms with Crippen molar-refractivity contribution in [1.82, 2.24) is 20.8 Å². The van der Waals surface area contributed by atoms with Crippen molar-refractivity contribution >= 4 is 12.0 Å². The van der Waals surface area contributed by atoms with Crippen LogP contribution in [0.4, 0.5) is 4.79 Å². The summed E-state index contributed by atoms with van der Waals surface area (Å²) in [5.41, 5.74) is 0.551. The monoisotopic (exact) mass is 408 g/mol. The molecule has 1 heterocycles. The molecular weight excluding hydrogens is 372 g/mol. The van der Waals surface area contributed by atoms with Crippen molar-refractivity contribution in [3.8, 4) is 0 Å². The van der Waals surface area contributed by atoms with E-state index in [0.29, 0.717) is 23.6 Å². The van der Waals surface area contributed by atoms with Gasteiger partial charge in [-0.2, -0.15) is 4.98 Å². The first-order chi connectivity index (χ1) is 13.7. The molecule has 2 amide bonds. The number of hydrogen-bond acceptors (Lipinski definition) is 5. The second kappa shape index (κ2) is 10.1. The number of amides is 2. The van der Waals surface area contributed by atoms with Crippen molar-refractivity contribution in [2.45, 2.75) is 91.0 Å². The van der Waals surface area contributed by atoms with Gasteiger partial charge in [-0.1, -0.05) is 51.6 Å². The molecule has 0 aromatic carbocycles. The molecule has 1 aromatic heterocycles. The van der Waals surface area contributed by atoms with Crippen molar-refractivity contribution < 1.29 is 19.2 Å². The molecule has 1 saturated carbocycles. The van der Waals surface area contributed by atoms with Crippen LogP contribution in [-0.2, 0) is 11.3 Å². The number of urea groups is 1. The van der Waals surface area contributed by atoms with E-state index in [4.69, 9.17) is 4.52 Å². The molecule has 0 saturated heterocycles. The SMILES string of the molecule is CNC(=O)NCc1noc([C@H](CCCC2(C(C)(C)C)CCCCC2)CC(=O)O)n1. The van der Waals surface area contributed by atoms with Gasteiger partial charge in [-0.3, -0.25) is 4.79 Å². The highest BCUT2D eigenvalue weighted by Gasteiger charge is 2.41. The summed E-state index contributed by atoms with van der Waals surface area (Å²) >= 11 is 0. The second-order valence-electron chi connectivity index (χ2n) is 9.26. The van der Waals surface area contributed by atoms with Crippen LogP contribution in [-0.4, -0.2) is 34.3 Å². The van der Waals surface area contributed by atoms with Gasteiger partial charge in [0.05, 0.1) is 13.0 Å². The lowest BCUT2D eigenvalue weighted by Gasteiger charge is -2.48. The summed E-state index contributed by atoms with van der Waals surface area (Å²) in [6, 6.07) is -0.335. The Morgan fingerprint density at radius 1 is 1.24 bits per heavy atom. The van der Waals surface area contributed by atoms with E-state index in [9.17, 15) is 14.7 Å². The van der Waals surface area contributed by atoms with Gasteiger partial charge < -0.3 is 20.3 Å². The minimum atomic E-state index is -0.874. The molecule has 1 fully saturated rings. The molecule has 1 aliphatic rings. The van der Waals surface area contributed by atoms with Gasteiger partial charge in [0.2, 0.25) is 5.89 Å². The smallest absolute Gasteiger partial charge is 0.314 e. The summed E-state index contributed by atoms with van der Waals surface area (Å²) in [6.45, 7) is 7.13. The maximum atomic E-state index is 11.4. The minimum Gasteiger partial charge on any atom is -0.481 e. The first-order valence-corrected chi connectivity index (χ1v) is 10.7. The highest BCUT2D eigenvalue weighted by Crippen LogP contribution is 2.53. The van der Waals surface area contributed by atoms with Crippen LogP contribution in [0.2, 0.25) is 0 Å². The molecule has 1 atom stereocenters. The van der Waals surface area contributed by atoms with E-state index >= 15 is 0 Å². The fourth-order valence-corrected chi connectivity index (χ4v) is 4.57. The van der Waals surface area contributed by atoms with Crippen molar-refractivity contribution in [2.75, 3.05) is 7.05 Å². The van der Waals surface area contributed by atoms with E-state index in [0.717, 1.165) is 12.8 Å². The molecule has 1 aromatic rings. The highest BCUT2D eigenvalue weighted by atomic mass is 16.5. The maximum Gasteiger partial charge on any atom is 0.314 e. The largest absolute Gasteiger partial charge is 0.481 e. The fourth-order valence-electron chi connectivity index (χ4n) is 4.57. The van der Waals surface area contributed by atoms with Crippen molar-refractivity contribution in [3.63, 3.8) is 0 Å². The fraction of sp³-hybridized carbons (Fsp3) is 0.810. The Morgan fingerprint density at radius 2 is 1.93 bits per heavy atom. The lowest BCUT2D eigenvalue weighted by Crippen LogP contribution is -2.37. The Hall–Kier alpha value is -2.12. The predicted octanol–water partition coefficient (Wildman–Crippen LogP) is 4.22. The minimum absolute atomic E-state index is 0.0347. The van der Waals surface area contributed by atoms with Crippen LogP contribution in [0, 0.1) is 10.8 Å². The number of carbonyl (C=O) groups excluding carboxylic acids is 1. The Labute approximate surface area is 173 Å². The van der Waals surface area contributed by atoms with Crippen LogP contribution in [0.5, 0.6) is 0 Å². The zero-order valence-electron chi connectivity index (χ0n) is 18.2. The van der Waals surface area contributed by atoms with E-state index in [1.54, 1.807) is 0 Å². The zero-order valence-corrected chi connectivity index (χ0v) is 18.2. The van der Waals surface area contributed by atoms with Gasteiger partial charge in [-0.05, 0) is 36.5 Å². The average Bonchev–Trinajstić information content (AvgIpc) is 3.14. The Kier molecular flexibility index (Phi) is 8.05. The number of carboxylic acids is 1. The molecule has 8 heteroatoms. The van der Waals surface area contributed by atoms with Crippen LogP contribution < -0.4 is 10.6 Å². The molecule has 0 bridgehead atoms. The molecule has 3 N–H and O–H groups in total. The lowest BCUT2D eigenvalue weighted by atomic mass is 9.57. The van der Waals surface area contributed by atoms with Crippen LogP contribution >= 0.6 is 0 Å². The van der Waals surface area contributed by atoms with Gasteiger partial charge in [0.25, 0.3) is 0 Å². The first-order valence-electron chi connectivity index (χ1n) is 10.7. The third-order valence-electron chi connectivity index (χ3n) is 6.50. The zero-order chi connectivity index (χ0) is 21.5. The van der Waals surface area contributed by atoms with Gasteiger partial charge in [0.1, 0.15) is 0 Å². The van der Waals surface area contributed by atoms with Gasteiger partial charge >= 0.3 is 12.0 Å². The molecule has 0 unspecified atom stereocenters. The summed E-state index contributed by atoms with van der Waals surface area (Å²) in [5, 5.41) is 18.3. The van der Waals surface area contributed by atoms with Crippen LogP contribution in [0.3, 0.4) is 0 Å². The normalized spacial score (nSPS) is 17.5. The van der Waals surface area contributed by atoms with E-state index in [1.165, 1.54) is 39.2 Å². The molecule has 2 rings (SSSR count). The highest BCUT2D eigenvalue weighted by molar-refractivity contribution is 5.73. The van der Waals surface area contributed by atoms with Gasteiger partial charge in [-0.25, -0.2) is 4.79 Å². The summed E-state index contributed by atoms with van der Waals surface area (Å²) in [4.78, 5) is 27.0. The molecular formula is C21H36N4O4. The molecule has 164 valence electrons. The van der Waals surface area contributed by atoms with Crippen LogP contribution in [0.25, 0.3) is 0 Å². The third-order valence-corrected chi connectivity index (χ3v) is 6.50. The van der Waals surface area contributed by atoms with Crippen molar-refractivity contribution in [3.05, 3.63) is 11.7 Å². The van der Waals surface area contributed by atoms with E-state index in [-0.39, 0.29) is 30.3 Å². The number of nitrogens with one attached hydrogen (secondary N) is 2. The number of carboxylic acid groups (broad SMARTS) is 1. The van der Waals surface area contributed by atoms with E-state index in [1.807, 2.05) is 0 Å². The quantitative estimate of drug-likeness (QED) is 0.563. The Bertz CT molecular complexity index is 674. The van der Waals surface area contributed by atoms with Gasteiger partial charge in [-0.15, -0.1) is 0 Å². The first kappa shape index (κ1) is 23.2. The third kappa shape index (κ3) is 6.44. The van der Waals surface area contributed by atoms with Gasteiger partial charge in [0.15, 0.2) is 5.82 Å². The second-order valence-corrected chi connectivity index (χ2v) is 9.26. The summed E-state index contributed by atoms with van der Waals surface area (Å²) in [7, 11) is 1.52. The standard InChI is InChI=1S/C21H36N4O4/c1-20(2,3)21(10-6-5-7-11-21)12-8-9-15(13-17(26)27)18-24-16(25-29-18)14-23-19(28)22-4/h15H,5-14H2,1-4H3,(H,26,27)(H2,22,23,28)/t15-/m1/s1. The Balaban J connectivity index is 2.01. The molecule has 0 aliphatic heterocycles. The topological polar surface area (TPSA) is 117 Å². The molecule has 8 nitrogen and oxygen atoms in total. The van der Waals surface area contributed by atoms with E-state index < -0.39 is 5.97 Å². The van der Waals surface area contributed by atoms with Gasteiger partial charge in [0, 0.05) is 13.0 Å². The van der Waals surface area contributed by atoms with Crippen molar-refractivity contribution in [1.29, 1.82) is 0 Å². The number of aromatic nitrogens is 2. The number of rotatable bonds is 9. The lowest BCUT2D eigenvalue weighted by molar-refractivity contribution is -0.137. The number of carbonyl (C=O) groups is 2. The molecule has 0 radical (unpaired) electrons. The van der Waals surface area contributed by atoms with E-state index in [2.05, 4.69) is 41.5 Å². The number of aliphatic carboxylic acids is 1. The summed E-state index contributed by atoms with van der Waals surface area (Å²) < 4.78 is 5.33. The predicted molar refractivity (Wildman–Crippen MR) is 109 cm³/mol.